The molecule has 0 bridgehead atoms. The van der Waals surface area contributed by atoms with Gasteiger partial charge in [0.25, 0.3) is 5.91 Å². The highest BCUT2D eigenvalue weighted by molar-refractivity contribution is 8.06. The molecule has 17 heteroatoms. The molecular formula is C19H22N8O5S4. The monoisotopic (exact) mass is 570 g/mol. The number of nitrogens with one attached hydrogen (secondary N) is 2. The summed E-state index contributed by atoms with van der Waals surface area (Å²) in [4.78, 5) is 48.4. The van der Waals surface area contributed by atoms with E-state index >= 15 is 0 Å². The highest BCUT2D eigenvalue weighted by atomic mass is 32.2. The second-order valence-corrected chi connectivity index (χ2v) is 11.6. The Balaban J connectivity index is 1.50. The largest absolute Gasteiger partial charge is 0.477 e. The molecule has 2 aromatic heterocycles. The lowest BCUT2D eigenvalue weighted by Crippen LogP contribution is -2.71. The van der Waals surface area contributed by atoms with Crippen LogP contribution in [0.3, 0.4) is 0 Å². The van der Waals surface area contributed by atoms with Crippen molar-refractivity contribution in [1.82, 2.24) is 30.0 Å². The number of anilines is 1. The van der Waals surface area contributed by atoms with Crippen LogP contribution in [-0.2, 0) is 20.1 Å². The Bertz CT molecular complexity index is 1190. The number of carbonyl (C=O) groups is 3. The first-order valence-electron chi connectivity index (χ1n) is 10.4. The molecule has 0 spiro atoms. The van der Waals surface area contributed by atoms with Gasteiger partial charge in [0, 0.05) is 57.5 Å². The van der Waals surface area contributed by atoms with Crippen LogP contribution in [0.4, 0.5) is 5.13 Å². The van der Waals surface area contributed by atoms with Gasteiger partial charge in [0.2, 0.25) is 5.91 Å². The summed E-state index contributed by atoms with van der Waals surface area (Å²) < 4.78 is 3.90. The van der Waals surface area contributed by atoms with Gasteiger partial charge in [0.1, 0.15) is 17.1 Å². The number of carboxylic acid groups (broad SMARTS) is 1. The van der Waals surface area contributed by atoms with Crippen LogP contribution < -0.4 is 22.3 Å². The summed E-state index contributed by atoms with van der Waals surface area (Å²) >= 11 is 5.13. The number of nitrogen functional groups attached to an aromatic ring is 1. The number of aromatic nitrogens is 3. The van der Waals surface area contributed by atoms with E-state index in [2.05, 4.69) is 19.7 Å². The predicted molar refractivity (Wildman–Crippen MR) is 137 cm³/mol. The lowest BCUT2D eigenvalue weighted by molar-refractivity contribution is -0.151. The van der Waals surface area contributed by atoms with Crippen molar-refractivity contribution >= 4 is 69.7 Å². The Hall–Kier alpha value is -2.41. The number of carbonyl (C=O) groups excluding carboxylic acids is 2. The van der Waals surface area contributed by atoms with Gasteiger partial charge in [-0.1, -0.05) is 11.8 Å². The average molecular weight is 571 g/mol. The minimum atomic E-state index is -1.34. The Labute approximate surface area is 222 Å². The van der Waals surface area contributed by atoms with Gasteiger partial charge in [0.05, 0.1) is 0 Å². The fourth-order valence-corrected chi connectivity index (χ4v) is 7.43. The standard InChI is InChI=1S/C19H22N8O5S4/c20-2-4-33-6-8-1-3-22-5-9(8)35-10-7-34-17-12(16(29)27(17)13(10)18(30)31)23-15(28)11(25-32)14-24-19(21)36-26-14/h1,3,5,11-12,17,25,32H,2,4,6-7,20H2,(H,23,28)(H,30,31)(H2,21,24,26)/t11-,12-,17-/m1/s1. The number of nitrogens with two attached hydrogens (primary N) is 2. The van der Waals surface area contributed by atoms with Gasteiger partial charge < -0.3 is 27.1 Å². The van der Waals surface area contributed by atoms with E-state index in [9.17, 15) is 24.7 Å². The van der Waals surface area contributed by atoms with E-state index in [0.717, 1.165) is 27.7 Å². The Kier molecular flexibility index (Phi) is 8.70. The fraction of sp³-hybridized carbons (Fsp3) is 0.368. The molecule has 0 radical (unpaired) electrons. The molecule has 192 valence electrons. The summed E-state index contributed by atoms with van der Waals surface area (Å²) in [6, 6.07) is -0.435. The molecule has 0 unspecified atom stereocenters. The van der Waals surface area contributed by atoms with Crippen molar-refractivity contribution in [3.8, 4) is 0 Å². The zero-order valence-corrected chi connectivity index (χ0v) is 21.8. The number of β-lactam (4-membered cyclic amide) rings is 1. The number of fused-ring (bicyclic) bond motifs is 1. The molecule has 2 amide bonds. The van der Waals surface area contributed by atoms with Crippen molar-refractivity contribution < 1.29 is 24.7 Å². The number of rotatable bonds is 11. The van der Waals surface area contributed by atoms with Crippen molar-refractivity contribution in [2.24, 2.45) is 5.73 Å². The highest BCUT2D eigenvalue weighted by Crippen LogP contribution is 2.45. The number of hydrogen-bond acceptors (Lipinski definition) is 14. The van der Waals surface area contributed by atoms with E-state index in [1.807, 2.05) is 11.5 Å². The van der Waals surface area contributed by atoms with Crippen molar-refractivity contribution in [2.45, 2.75) is 28.1 Å². The molecule has 4 heterocycles. The third-order valence-electron chi connectivity index (χ3n) is 5.16. The normalized spacial score (nSPS) is 20.1. The second-order valence-electron chi connectivity index (χ2n) is 7.45. The van der Waals surface area contributed by atoms with Gasteiger partial charge in [-0.3, -0.25) is 19.5 Å². The third kappa shape index (κ3) is 5.46. The second kappa shape index (κ2) is 11.8. The van der Waals surface area contributed by atoms with Crippen molar-refractivity contribution in [1.29, 1.82) is 0 Å². The molecule has 3 atom stereocenters. The van der Waals surface area contributed by atoms with Crippen LogP contribution in [0.5, 0.6) is 0 Å². The zero-order valence-electron chi connectivity index (χ0n) is 18.5. The molecule has 2 aliphatic rings. The third-order valence-corrected chi connectivity index (χ3v) is 9.39. The number of hydroxylamine groups is 1. The number of hydrogen-bond donors (Lipinski definition) is 6. The molecule has 13 nitrogen and oxygen atoms in total. The first-order chi connectivity index (χ1) is 17.3. The van der Waals surface area contributed by atoms with Crippen LogP contribution in [0.2, 0.25) is 0 Å². The van der Waals surface area contributed by atoms with Gasteiger partial charge in [-0.05, 0) is 11.6 Å². The molecule has 0 aromatic carbocycles. The number of pyridine rings is 1. The molecule has 4 rings (SSSR count). The molecule has 36 heavy (non-hydrogen) atoms. The first kappa shape index (κ1) is 26.6. The highest BCUT2D eigenvalue weighted by Gasteiger charge is 2.54. The summed E-state index contributed by atoms with van der Waals surface area (Å²) in [5.41, 5.74) is 13.8. The molecule has 8 N–H and O–H groups in total. The molecule has 2 aromatic rings. The van der Waals surface area contributed by atoms with Crippen molar-refractivity contribution in [3.63, 3.8) is 0 Å². The lowest BCUT2D eigenvalue weighted by atomic mass is 10.0. The van der Waals surface area contributed by atoms with E-state index in [-0.39, 0.29) is 16.7 Å². The van der Waals surface area contributed by atoms with Gasteiger partial charge in [-0.25, -0.2) is 9.78 Å². The van der Waals surface area contributed by atoms with Crippen LogP contribution in [-0.4, -0.2) is 76.8 Å². The Morgan fingerprint density at radius 2 is 2.19 bits per heavy atom. The molecule has 1 saturated heterocycles. The SMILES string of the molecule is NCCSCc1ccncc1SC1=C(C(=O)O)N2C(=O)[C@@H](NC(=O)[C@H](NO)c3nsc(N)n3)[C@H]2SC1. The summed E-state index contributed by atoms with van der Waals surface area (Å²) in [5.74, 6) is -0.776. The van der Waals surface area contributed by atoms with Crippen molar-refractivity contribution in [2.75, 3.05) is 23.8 Å². The van der Waals surface area contributed by atoms with Crippen molar-refractivity contribution in [3.05, 3.63) is 40.5 Å². The van der Waals surface area contributed by atoms with Crippen LogP contribution in [0.25, 0.3) is 0 Å². The molecule has 1 fully saturated rings. The van der Waals surface area contributed by atoms with Gasteiger partial charge in [0.15, 0.2) is 17.0 Å². The molecule has 0 aliphatic carbocycles. The van der Waals surface area contributed by atoms with E-state index in [1.165, 1.54) is 28.4 Å². The molecule has 0 saturated carbocycles. The topological polar surface area (TPSA) is 210 Å². The minimum Gasteiger partial charge on any atom is -0.477 e. The van der Waals surface area contributed by atoms with E-state index in [0.29, 0.717) is 23.0 Å². The summed E-state index contributed by atoms with van der Waals surface area (Å²) in [5, 5.41) is 21.4. The van der Waals surface area contributed by atoms with Gasteiger partial charge in [-0.2, -0.15) is 21.6 Å². The summed E-state index contributed by atoms with van der Waals surface area (Å²) in [6.45, 7) is 0.558. The number of thioether (sulfide) groups is 3. The average Bonchev–Trinajstić information content (AvgIpc) is 3.29. The molecule has 2 aliphatic heterocycles. The number of aliphatic carboxylic acids is 1. The van der Waals surface area contributed by atoms with Crippen LogP contribution >= 0.6 is 46.8 Å². The summed E-state index contributed by atoms with van der Waals surface area (Å²) in [6.07, 6.45) is 3.35. The smallest absolute Gasteiger partial charge is 0.353 e. The maximum Gasteiger partial charge on any atom is 0.353 e. The van der Waals surface area contributed by atoms with Crippen LogP contribution in [0, 0.1) is 0 Å². The Morgan fingerprint density at radius 3 is 2.86 bits per heavy atom. The van der Waals surface area contributed by atoms with E-state index in [1.54, 1.807) is 24.2 Å². The quantitative estimate of drug-likeness (QED) is 0.121. The zero-order chi connectivity index (χ0) is 25.8. The van der Waals surface area contributed by atoms with Crippen LogP contribution in [0.15, 0.2) is 34.0 Å². The number of nitrogens with zero attached hydrogens (tertiary/aromatic N) is 4. The molecular weight excluding hydrogens is 549 g/mol. The fourth-order valence-electron chi connectivity index (χ4n) is 3.52. The maximum atomic E-state index is 13.0. The number of amides is 2. The van der Waals surface area contributed by atoms with Gasteiger partial charge >= 0.3 is 5.97 Å². The van der Waals surface area contributed by atoms with E-state index < -0.39 is 35.2 Å². The summed E-state index contributed by atoms with van der Waals surface area (Å²) in [7, 11) is 0. The number of carboxylic acids is 1. The first-order valence-corrected chi connectivity index (χ1v) is 14.2. The lowest BCUT2D eigenvalue weighted by Gasteiger charge is -2.49. The van der Waals surface area contributed by atoms with E-state index in [4.69, 9.17) is 11.5 Å². The minimum absolute atomic E-state index is 0.0425. The predicted octanol–water partition coefficient (Wildman–Crippen LogP) is 0.216. The van der Waals surface area contributed by atoms with Crippen LogP contribution in [0.1, 0.15) is 17.4 Å². The Morgan fingerprint density at radius 1 is 1.39 bits per heavy atom. The maximum absolute atomic E-state index is 13.0. The van der Waals surface area contributed by atoms with Gasteiger partial charge in [-0.15, -0.1) is 11.8 Å².